The van der Waals surface area contributed by atoms with Crippen LogP contribution in [0.3, 0.4) is 0 Å². The van der Waals surface area contributed by atoms with E-state index in [2.05, 4.69) is 9.97 Å². The molecule has 0 radical (unpaired) electrons. The second-order valence-corrected chi connectivity index (χ2v) is 4.62. The molecule has 88 valence electrons. The largest absolute Gasteiger partial charge is 0.322 e. The molecule has 2 heterocycles. The van der Waals surface area contributed by atoms with Gasteiger partial charge in [-0.05, 0) is 6.07 Å². The highest BCUT2D eigenvalue weighted by Gasteiger charge is 2.12. The van der Waals surface area contributed by atoms with Crippen LogP contribution in [0.5, 0.6) is 0 Å². The normalized spacial score (nSPS) is 11.2. The fraction of sp³-hybridized carbons (Fsp3) is 0.0769. The molecule has 0 spiro atoms. The lowest BCUT2D eigenvalue weighted by Crippen LogP contribution is -2.04. The van der Waals surface area contributed by atoms with Gasteiger partial charge >= 0.3 is 0 Å². The smallest absolute Gasteiger partial charge is 0.210 e. The first kappa shape index (κ1) is 11.1. The zero-order valence-electron chi connectivity index (χ0n) is 9.74. The predicted octanol–water partition coefficient (Wildman–Crippen LogP) is 2.55. The summed E-state index contributed by atoms with van der Waals surface area (Å²) in [6.07, 6.45) is 1.54. The van der Waals surface area contributed by atoms with Crippen molar-refractivity contribution in [1.82, 2.24) is 14.5 Å². The van der Waals surface area contributed by atoms with Crippen molar-refractivity contribution < 1.29 is 4.57 Å². The highest BCUT2D eigenvalue weighted by atomic mass is 31.1. The molecule has 5 heteroatoms. The summed E-state index contributed by atoms with van der Waals surface area (Å²) in [5, 5.41) is 0.921. The molecule has 0 N–H and O–H groups in total. The third-order valence-corrected chi connectivity index (χ3v) is 3.55. The molecule has 3 rings (SSSR count). The number of aryl methyl sites for hydroxylation is 1. The lowest BCUT2D eigenvalue weighted by Gasteiger charge is -2.02. The van der Waals surface area contributed by atoms with Crippen LogP contribution in [0.4, 0.5) is 0 Å². The molecule has 3 aromatic rings. The lowest BCUT2D eigenvalue weighted by molar-refractivity contribution is 0.602. The standard InChI is InChI=1S/C13H10N3OP/c1-16-11(18-17)7-10-12(14-8-15-13(10)16)9-5-3-2-4-6-9/h2-8H,1H3. The maximum Gasteiger partial charge on any atom is 0.210 e. The first-order valence-electron chi connectivity index (χ1n) is 5.50. The molecule has 0 unspecified atom stereocenters. The van der Waals surface area contributed by atoms with Gasteiger partial charge in [0.25, 0.3) is 0 Å². The Kier molecular flexibility index (Phi) is 2.65. The quantitative estimate of drug-likeness (QED) is 0.661. The molecule has 0 saturated carbocycles. The molecule has 0 amide bonds. The minimum Gasteiger partial charge on any atom is -0.322 e. The lowest BCUT2D eigenvalue weighted by atomic mass is 10.1. The van der Waals surface area contributed by atoms with E-state index in [1.807, 2.05) is 48.0 Å². The summed E-state index contributed by atoms with van der Waals surface area (Å²) in [4.78, 5) is 8.58. The van der Waals surface area contributed by atoms with Crippen molar-refractivity contribution in [2.45, 2.75) is 0 Å². The number of fused-ring (bicyclic) bond motifs is 1. The minimum absolute atomic E-state index is 0.00920. The van der Waals surface area contributed by atoms with E-state index in [4.69, 9.17) is 0 Å². The van der Waals surface area contributed by atoms with Crippen LogP contribution in [0.2, 0.25) is 0 Å². The van der Waals surface area contributed by atoms with Crippen LogP contribution in [-0.4, -0.2) is 14.5 Å². The van der Waals surface area contributed by atoms with E-state index in [9.17, 15) is 4.57 Å². The van der Waals surface area contributed by atoms with Crippen LogP contribution >= 0.6 is 8.46 Å². The van der Waals surface area contributed by atoms with Crippen molar-refractivity contribution in [3.05, 3.63) is 42.7 Å². The number of rotatable bonds is 2. The minimum atomic E-state index is -0.00920. The fourth-order valence-electron chi connectivity index (χ4n) is 2.03. The van der Waals surface area contributed by atoms with Crippen LogP contribution < -0.4 is 5.44 Å². The summed E-state index contributed by atoms with van der Waals surface area (Å²) in [5.74, 6) is 0. The summed E-state index contributed by atoms with van der Waals surface area (Å²) >= 11 is 0. The van der Waals surface area contributed by atoms with Gasteiger partial charge in [0.15, 0.2) is 0 Å². The summed E-state index contributed by atoms with van der Waals surface area (Å²) in [6, 6.07) is 11.8. The molecule has 4 nitrogen and oxygen atoms in total. The van der Waals surface area contributed by atoms with Crippen LogP contribution in [0.25, 0.3) is 22.3 Å². The van der Waals surface area contributed by atoms with Crippen molar-refractivity contribution in [2.75, 3.05) is 0 Å². The Morgan fingerprint density at radius 1 is 1.17 bits per heavy atom. The maximum atomic E-state index is 11.1. The van der Waals surface area contributed by atoms with Gasteiger partial charge in [0.1, 0.15) is 17.4 Å². The molecular formula is C13H10N3OP. The molecular weight excluding hydrogens is 245 g/mol. The van der Waals surface area contributed by atoms with Crippen molar-refractivity contribution in [3.8, 4) is 11.3 Å². The molecule has 0 saturated heterocycles. The number of benzene rings is 1. The van der Waals surface area contributed by atoms with Crippen molar-refractivity contribution >= 4 is 24.9 Å². The monoisotopic (exact) mass is 255 g/mol. The number of hydrogen-bond acceptors (Lipinski definition) is 3. The topological polar surface area (TPSA) is 47.8 Å². The average molecular weight is 255 g/mol. The highest BCUT2D eigenvalue weighted by molar-refractivity contribution is 7.33. The van der Waals surface area contributed by atoms with Crippen molar-refractivity contribution in [3.63, 3.8) is 0 Å². The van der Waals surface area contributed by atoms with Crippen LogP contribution in [0.1, 0.15) is 0 Å². The third-order valence-electron chi connectivity index (χ3n) is 2.94. The van der Waals surface area contributed by atoms with Crippen molar-refractivity contribution in [2.24, 2.45) is 7.05 Å². The maximum absolute atomic E-state index is 11.1. The van der Waals surface area contributed by atoms with E-state index in [1.54, 1.807) is 0 Å². The average Bonchev–Trinajstić information content (AvgIpc) is 2.77. The van der Waals surface area contributed by atoms with E-state index in [1.165, 1.54) is 6.33 Å². The van der Waals surface area contributed by atoms with Gasteiger partial charge in [-0.1, -0.05) is 30.3 Å². The second-order valence-electron chi connectivity index (χ2n) is 3.98. The Bertz CT molecular complexity index is 722. The summed E-state index contributed by atoms with van der Waals surface area (Å²) < 4.78 is 12.9. The van der Waals surface area contributed by atoms with Crippen LogP contribution in [-0.2, 0) is 11.6 Å². The Morgan fingerprint density at radius 2 is 1.94 bits per heavy atom. The molecule has 0 aliphatic rings. The van der Waals surface area contributed by atoms with Gasteiger partial charge in [-0.25, -0.2) is 9.97 Å². The Morgan fingerprint density at radius 3 is 2.67 bits per heavy atom. The number of aromatic nitrogens is 3. The summed E-state index contributed by atoms with van der Waals surface area (Å²) in [7, 11) is 1.84. The third kappa shape index (κ3) is 1.62. The molecule has 2 aromatic heterocycles. The first-order chi connectivity index (χ1) is 8.81. The van der Waals surface area contributed by atoms with Gasteiger partial charge < -0.3 is 4.57 Å². The summed E-state index contributed by atoms with van der Waals surface area (Å²) in [5.41, 5.74) is 3.39. The molecule has 1 aromatic carbocycles. The summed E-state index contributed by atoms with van der Waals surface area (Å²) in [6.45, 7) is 0. The Hall–Kier alpha value is -2.06. The number of nitrogens with zero attached hydrogens (tertiary/aromatic N) is 3. The molecule has 0 bridgehead atoms. The zero-order valence-corrected chi connectivity index (χ0v) is 10.6. The van der Waals surface area contributed by atoms with Gasteiger partial charge in [0.2, 0.25) is 8.46 Å². The molecule has 0 fully saturated rings. The SMILES string of the molecule is Cn1c(P=O)cc2c(-c3ccccc3)ncnc21. The van der Waals surface area contributed by atoms with E-state index < -0.39 is 0 Å². The predicted molar refractivity (Wildman–Crippen MR) is 71.2 cm³/mol. The Labute approximate surface area is 106 Å². The number of hydrogen-bond donors (Lipinski definition) is 0. The van der Waals surface area contributed by atoms with Gasteiger partial charge in [0, 0.05) is 18.0 Å². The highest BCUT2D eigenvalue weighted by Crippen LogP contribution is 2.25. The fourth-order valence-corrected chi connectivity index (χ4v) is 2.43. The molecule has 0 aliphatic heterocycles. The Balaban J connectivity index is 2.34. The van der Waals surface area contributed by atoms with Crippen molar-refractivity contribution in [1.29, 1.82) is 0 Å². The molecule has 0 atom stereocenters. The molecule has 18 heavy (non-hydrogen) atoms. The van der Waals surface area contributed by atoms with E-state index in [0.29, 0.717) is 5.44 Å². The van der Waals surface area contributed by atoms with Gasteiger partial charge in [-0.3, -0.25) is 4.57 Å². The van der Waals surface area contributed by atoms with Gasteiger partial charge in [-0.15, -0.1) is 0 Å². The van der Waals surface area contributed by atoms with E-state index in [-0.39, 0.29) is 8.46 Å². The molecule has 0 aliphatic carbocycles. The van der Waals surface area contributed by atoms with Crippen LogP contribution in [0.15, 0.2) is 42.7 Å². The van der Waals surface area contributed by atoms with Gasteiger partial charge in [-0.2, -0.15) is 0 Å². The zero-order chi connectivity index (χ0) is 12.5. The van der Waals surface area contributed by atoms with Gasteiger partial charge in [0.05, 0.1) is 5.69 Å². The second kappa shape index (κ2) is 4.31. The van der Waals surface area contributed by atoms with Crippen LogP contribution in [0, 0.1) is 0 Å². The van der Waals surface area contributed by atoms with E-state index >= 15 is 0 Å². The first-order valence-corrected chi connectivity index (χ1v) is 6.31. The van der Waals surface area contributed by atoms with E-state index in [0.717, 1.165) is 22.3 Å².